The number of aliphatic hydroxyl groups excluding tert-OH is 2. The number of ether oxygens (including phenoxy) is 1. The lowest BCUT2D eigenvalue weighted by Gasteiger charge is -2.44. The van der Waals surface area contributed by atoms with E-state index in [9.17, 15) is 19.8 Å². The maximum atomic E-state index is 13.0. The average Bonchev–Trinajstić information content (AvgIpc) is 3.23. The van der Waals surface area contributed by atoms with E-state index in [-0.39, 0.29) is 17.1 Å². The van der Waals surface area contributed by atoms with Crippen molar-refractivity contribution in [1.29, 1.82) is 0 Å². The van der Waals surface area contributed by atoms with E-state index in [2.05, 4.69) is 39.5 Å². The average molecular weight is 527 g/mol. The third-order valence-electron chi connectivity index (χ3n) is 9.60. The minimum Gasteiger partial charge on any atom is -0.465 e. The molecule has 3 aliphatic rings. The molecular formula is C33H50O5. The van der Waals surface area contributed by atoms with E-state index in [0.29, 0.717) is 31.3 Å². The molecule has 3 aliphatic carbocycles. The first-order chi connectivity index (χ1) is 17.9. The molecule has 0 aromatic rings. The number of rotatable bonds is 10. The monoisotopic (exact) mass is 526 g/mol. The SMILES string of the molecule is C=C1/C(=C\C=C2/CCCC3(C)[C@@H]([C@H](C)/C=C/C(=O)C(C)(C)C(=O)OCCCCC)CC[C@@H]23)C[C@@H](O)CC1O. The minimum atomic E-state index is -1.18. The smallest absolute Gasteiger partial charge is 0.319 e. The number of aliphatic hydroxyl groups is 2. The van der Waals surface area contributed by atoms with Crippen LogP contribution in [-0.4, -0.2) is 40.8 Å². The Labute approximate surface area is 230 Å². The van der Waals surface area contributed by atoms with Crippen molar-refractivity contribution >= 4 is 11.8 Å². The Morgan fingerprint density at radius 3 is 2.66 bits per heavy atom. The highest BCUT2D eigenvalue weighted by Crippen LogP contribution is 2.59. The van der Waals surface area contributed by atoms with E-state index in [0.717, 1.165) is 56.1 Å². The molecule has 3 rings (SSSR count). The second kappa shape index (κ2) is 12.9. The normalized spacial score (nSPS) is 33.1. The first-order valence-corrected chi connectivity index (χ1v) is 14.8. The predicted molar refractivity (Wildman–Crippen MR) is 152 cm³/mol. The Balaban J connectivity index is 1.67. The summed E-state index contributed by atoms with van der Waals surface area (Å²) in [6, 6.07) is 0. The largest absolute Gasteiger partial charge is 0.465 e. The molecule has 2 N–H and O–H groups in total. The third-order valence-corrected chi connectivity index (χ3v) is 9.60. The summed E-state index contributed by atoms with van der Waals surface area (Å²) in [5, 5.41) is 20.3. The standard InChI is InChI=1S/C33H50O5/c1-7-8-9-19-38-31(37)32(4,5)30(36)17-12-22(2)27-15-16-28-24(11-10-18-33(27,28)6)13-14-25-20-26(34)21-29(35)23(25)3/h12-14,17,22,26-29,34-35H,3,7-11,15-16,18-21H2,1-2,4-6H3/b17-12+,24-13+,25-14-/t22-,26-,27-,28+,29?,33?/m1/s1. The van der Waals surface area contributed by atoms with Gasteiger partial charge < -0.3 is 14.9 Å². The Hall–Kier alpha value is -1.98. The maximum Gasteiger partial charge on any atom is 0.319 e. The summed E-state index contributed by atoms with van der Waals surface area (Å²) in [6.07, 6.45) is 16.2. The molecule has 2 unspecified atom stereocenters. The lowest BCUT2D eigenvalue weighted by atomic mass is 9.61. The van der Waals surface area contributed by atoms with Gasteiger partial charge in [0.05, 0.1) is 18.8 Å². The van der Waals surface area contributed by atoms with Crippen LogP contribution in [0, 0.1) is 28.6 Å². The number of carbonyl (C=O) groups is 2. The van der Waals surface area contributed by atoms with Crippen LogP contribution in [0.2, 0.25) is 0 Å². The van der Waals surface area contributed by atoms with Gasteiger partial charge in [0.1, 0.15) is 5.41 Å². The van der Waals surface area contributed by atoms with E-state index in [4.69, 9.17) is 4.74 Å². The van der Waals surface area contributed by atoms with Crippen molar-refractivity contribution < 1.29 is 24.5 Å². The van der Waals surface area contributed by atoms with E-state index in [1.54, 1.807) is 19.9 Å². The highest BCUT2D eigenvalue weighted by atomic mass is 16.5. The van der Waals surface area contributed by atoms with Crippen LogP contribution >= 0.6 is 0 Å². The molecular weight excluding hydrogens is 476 g/mol. The molecule has 0 amide bonds. The first kappa shape index (κ1) is 30.6. The van der Waals surface area contributed by atoms with Crippen LogP contribution in [-0.2, 0) is 14.3 Å². The molecule has 0 aromatic heterocycles. The van der Waals surface area contributed by atoms with Crippen LogP contribution in [0.3, 0.4) is 0 Å². The van der Waals surface area contributed by atoms with Crippen molar-refractivity contribution in [3.63, 3.8) is 0 Å². The molecule has 38 heavy (non-hydrogen) atoms. The maximum absolute atomic E-state index is 13.0. The molecule has 5 nitrogen and oxygen atoms in total. The summed E-state index contributed by atoms with van der Waals surface area (Å²) >= 11 is 0. The molecule has 6 atom stereocenters. The van der Waals surface area contributed by atoms with Gasteiger partial charge in [-0.25, -0.2) is 0 Å². The highest BCUT2D eigenvalue weighted by Gasteiger charge is 2.50. The molecule has 5 heteroatoms. The lowest BCUT2D eigenvalue weighted by molar-refractivity contribution is -0.157. The van der Waals surface area contributed by atoms with Crippen molar-refractivity contribution in [3.8, 4) is 0 Å². The number of hydrogen-bond acceptors (Lipinski definition) is 5. The Morgan fingerprint density at radius 2 is 1.95 bits per heavy atom. The molecule has 0 radical (unpaired) electrons. The van der Waals surface area contributed by atoms with Gasteiger partial charge in [0.15, 0.2) is 5.78 Å². The van der Waals surface area contributed by atoms with Crippen LogP contribution in [0.4, 0.5) is 0 Å². The second-order valence-corrected chi connectivity index (χ2v) is 12.7. The topological polar surface area (TPSA) is 83.8 Å². The molecule has 0 spiro atoms. The summed E-state index contributed by atoms with van der Waals surface area (Å²) in [6.45, 7) is 14.4. The fourth-order valence-corrected chi connectivity index (χ4v) is 6.99. The Kier molecular flexibility index (Phi) is 10.4. The van der Waals surface area contributed by atoms with Crippen molar-refractivity contribution in [2.75, 3.05) is 6.61 Å². The zero-order valence-electron chi connectivity index (χ0n) is 24.3. The number of esters is 1. The molecule has 3 saturated carbocycles. The van der Waals surface area contributed by atoms with Crippen LogP contribution in [0.15, 0.2) is 47.6 Å². The van der Waals surface area contributed by atoms with E-state index >= 15 is 0 Å². The molecule has 0 bridgehead atoms. The predicted octanol–water partition coefficient (Wildman–Crippen LogP) is 6.65. The number of hydrogen-bond donors (Lipinski definition) is 2. The minimum absolute atomic E-state index is 0.158. The second-order valence-electron chi connectivity index (χ2n) is 12.7. The number of fused-ring (bicyclic) bond motifs is 1. The Morgan fingerprint density at radius 1 is 1.21 bits per heavy atom. The van der Waals surface area contributed by atoms with Crippen molar-refractivity contribution in [1.82, 2.24) is 0 Å². The van der Waals surface area contributed by atoms with Gasteiger partial charge in [-0.2, -0.15) is 0 Å². The zero-order valence-corrected chi connectivity index (χ0v) is 24.3. The number of ketones is 1. The van der Waals surface area contributed by atoms with Crippen LogP contribution in [0.1, 0.15) is 98.8 Å². The zero-order chi connectivity index (χ0) is 28.1. The van der Waals surface area contributed by atoms with Gasteiger partial charge in [-0.3, -0.25) is 9.59 Å². The first-order valence-electron chi connectivity index (χ1n) is 14.8. The van der Waals surface area contributed by atoms with Gasteiger partial charge >= 0.3 is 5.97 Å². The highest BCUT2D eigenvalue weighted by molar-refractivity contribution is 6.08. The molecule has 0 aliphatic heterocycles. The van der Waals surface area contributed by atoms with Gasteiger partial charge in [-0.05, 0) is 99.2 Å². The van der Waals surface area contributed by atoms with Gasteiger partial charge in [-0.1, -0.05) is 64.0 Å². The molecule has 0 saturated heterocycles. The summed E-state index contributed by atoms with van der Waals surface area (Å²) in [5.74, 6) is 0.542. The van der Waals surface area contributed by atoms with E-state index < -0.39 is 23.6 Å². The summed E-state index contributed by atoms with van der Waals surface area (Å²) in [5.41, 5.74) is 2.11. The molecule has 0 heterocycles. The number of allylic oxidation sites excluding steroid dienone is 5. The fraction of sp³-hybridized carbons (Fsp3) is 0.697. The summed E-state index contributed by atoms with van der Waals surface area (Å²) in [7, 11) is 0. The van der Waals surface area contributed by atoms with E-state index in [1.165, 1.54) is 12.0 Å². The van der Waals surface area contributed by atoms with Gasteiger partial charge in [0, 0.05) is 6.42 Å². The fourth-order valence-electron chi connectivity index (χ4n) is 6.99. The number of unbranched alkanes of at least 4 members (excludes halogenated alkanes) is 2. The molecule has 212 valence electrons. The lowest BCUT2D eigenvalue weighted by Crippen LogP contribution is -2.36. The molecule has 3 fully saturated rings. The Bertz CT molecular complexity index is 970. The van der Waals surface area contributed by atoms with Crippen LogP contribution in [0.5, 0.6) is 0 Å². The van der Waals surface area contributed by atoms with Gasteiger partial charge in [0.25, 0.3) is 0 Å². The summed E-state index contributed by atoms with van der Waals surface area (Å²) in [4.78, 5) is 25.5. The van der Waals surface area contributed by atoms with Gasteiger partial charge in [-0.15, -0.1) is 0 Å². The third kappa shape index (κ3) is 6.77. The van der Waals surface area contributed by atoms with E-state index in [1.807, 2.05) is 6.08 Å². The number of carbonyl (C=O) groups excluding carboxylic acids is 2. The van der Waals surface area contributed by atoms with Crippen molar-refractivity contribution in [2.24, 2.45) is 28.6 Å². The quantitative estimate of drug-likeness (QED) is 0.144. The van der Waals surface area contributed by atoms with Crippen LogP contribution in [0.25, 0.3) is 0 Å². The van der Waals surface area contributed by atoms with Crippen molar-refractivity contribution in [2.45, 2.75) is 111 Å². The molecule has 0 aromatic carbocycles. The van der Waals surface area contributed by atoms with Gasteiger partial charge in [0.2, 0.25) is 0 Å². The van der Waals surface area contributed by atoms with Crippen LogP contribution < -0.4 is 0 Å². The summed E-state index contributed by atoms with van der Waals surface area (Å²) < 4.78 is 5.38. The van der Waals surface area contributed by atoms with Crippen molar-refractivity contribution in [3.05, 3.63) is 47.6 Å².